The van der Waals surface area contributed by atoms with Gasteiger partial charge in [0.2, 0.25) is 0 Å². The maximum Gasteiger partial charge on any atom is 0.253 e. The molecule has 90 valence electrons. The summed E-state index contributed by atoms with van der Waals surface area (Å²) in [5, 5.41) is 10.7. The van der Waals surface area contributed by atoms with Crippen LogP contribution in [0.5, 0.6) is 0 Å². The number of amides is 1. The Morgan fingerprint density at radius 1 is 1.41 bits per heavy atom. The predicted octanol–water partition coefficient (Wildman–Crippen LogP) is 1.63. The summed E-state index contributed by atoms with van der Waals surface area (Å²) in [4.78, 5) is 11.8. The number of nitrogens with one attached hydrogen (secondary N) is 1. The third-order valence-corrected chi connectivity index (χ3v) is 2.38. The molecule has 0 spiro atoms. The van der Waals surface area contributed by atoms with Crippen molar-refractivity contribution in [2.75, 3.05) is 6.54 Å². The molecular formula is C13H17N3O. The van der Waals surface area contributed by atoms with Crippen molar-refractivity contribution in [3.05, 3.63) is 23.0 Å². The zero-order valence-electron chi connectivity index (χ0n) is 10.3. The molecule has 1 aromatic heterocycles. The highest BCUT2D eigenvalue weighted by Gasteiger charge is 2.09. The van der Waals surface area contributed by atoms with Crippen molar-refractivity contribution in [2.24, 2.45) is 0 Å². The van der Waals surface area contributed by atoms with Gasteiger partial charge in [0.25, 0.3) is 5.91 Å². The Hall–Kier alpha value is -1.89. The number of aromatic nitrogens is 2. The number of unbranched alkanes of at least 4 members (excludes halogenated alkanes) is 2. The van der Waals surface area contributed by atoms with Gasteiger partial charge >= 0.3 is 0 Å². The maximum absolute atomic E-state index is 11.8. The van der Waals surface area contributed by atoms with E-state index in [1.807, 2.05) is 6.92 Å². The van der Waals surface area contributed by atoms with E-state index in [9.17, 15) is 4.79 Å². The Morgan fingerprint density at radius 3 is 2.88 bits per heavy atom. The van der Waals surface area contributed by atoms with Gasteiger partial charge in [-0.1, -0.05) is 0 Å². The lowest BCUT2D eigenvalue weighted by molar-refractivity contribution is 0.0951. The summed E-state index contributed by atoms with van der Waals surface area (Å²) in [5.74, 6) is 2.48. The summed E-state index contributed by atoms with van der Waals surface area (Å²) in [5.41, 5.74) is 1.99. The van der Waals surface area contributed by atoms with Crippen molar-refractivity contribution < 1.29 is 4.79 Å². The second kappa shape index (κ2) is 6.64. The molecule has 4 nitrogen and oxygen atoms in total. The fraction of sp³-hybridized carbons (Fsp3) is 0.462. The quantitative estimate of drug-likeness (QED) is 0.619. The van der Waals surface area contributed by atoms with E-state index >= 15 is 0 Å². The molecule has 0 aliphatic rings. The van der Waals surface area contributed by atoms with Crippen LogP contribution < -0.4 is 5.32 Å². The minimum Gasteiger partial charge on any atom is -0.352 e. The number of aryl methyl sites for hydroxylation is 2. The highest BCUT2D eigenvalue weighted by Crippen LogP contribution is 2.05. The second-order valence-electron chi connectivity index (χ2n) is 3.90. The zero-order chi connectivity index (χ0) is 12.7. The second-order valence-corrected chi connectivity index (χ2v) is 3.90. The standard InChI is InChI=1S/C13H17N3O/c1-4-5-6-7-8-14-13(17)12-9-10(2)15-16-11(12)3/h1,9H,5-8H2,2-3H3,(H,14,17). The Kier molecular flexibility index (Phi) is 5.15. The van der Waals surface area contributed by atoms with Gasteiger partial charge in [-0.25, -0.2) is 0 Å². The summed E-state index contributed by atoms with van der Waals surface area (Å²) in [6.45, 7) is 4.23. The van der Waals surface area contributed by atoms with Gasteiger partial charge in [0.05, 0.1) is 17.0 Å². The number of carbonyl (C=O) groups excluding carboxylic acids is 1. The molecule has 1 heterocycles. The third-order valence-electron chi connectivity index (χ3n) is 2.38. The van der Waals surface area contributed by atoms with Crippen LogP contribution in [-0.4, -0.2) is 22.6 Å². The topological polar surface area (TPSA) is 54.9 Å². The fourth-order valence-electron chi connectivity index (χ4n) is 1.43. The van der Waals surface area contributed by atoms with Crippen molar-refractivity contribution in [2.45, 2.75) is 33.1 Å². The smallest absolute Gasteiger partial charge is 0.253 e. The molecule has 4 heteroatoms. The molecule has 17 heavy (non-hydrogen) atoms. The molecule has 0 radical (unpaired) electrons. The van der Waals surface area contributed by atoms with E-state index in [0.717, 1.165) is 25.0 Å². The van der Waals surface area contributed by atoms with Crippen LogP contribution in [-0.2, 0) is 0 Å². The number of hydrogen-bond acceptors (Lipinski definition) is 3. The molecule has 1 aromatic rings. The number of rotatable bonds is 5. The van der Waals surface area contributed by atoms with Crippen molar-refractivity contribution in [3.8, 4) is 12.3 Å². The van der Waals surface area contributed by atoms with Crippen LogP contribution in [0, 0.1) is 26.2 Å². The first-order valence-corrected chi connectivity index (χ1v) is 5.67. The minimum absolute atomic E-state index is 0.0961. The predicted molar refractivity (Wildman–Crippen MR) is 66.5 cm³/mol. The average molecular weight is 231 g/mol. The van der Waals surface area contributed by atoms with Crippen LogP contribution >= 0.6 is 0 Å². The third kappa shape index (κ3) is 4.23. The van der Waals surface area contributed by atoms with Crippen LogP contribution in [0.3, 0.4) is 0 Å². The summed E-state index contributed by atoms with van der Waals surface area (Å²) in [6, 6.07) is 1.75. The van der Waals surface area contributed by atoms with Crippen LogP contribution in [0.25, 0.3) is 0 Å². The van der Waals surface area contributed by atoms with Gasteiger partial charge in [-0.05, 0) is 32.8 Å². The van der Waals surface area contributed by atoms with Crippen molar-refractivity contribution in [1.82, 2.24) is 15.5 Å². The Morgan fingerprint density at radius 2 is 2.18 bits per heavy atom. The monoisotopic (exact) mass is 231 g/mol. The first kappa shape index (κ1) is 13.2. The number of nitrogens with zero attached hydrogens (tertiary/aromatic N) is 2. The lowest BCUT2D eigenvalue weighted by atomic mass is 10.2. The molecule has 0 fully saturated rings. The molecule has 1 N–H and O–H groups in total. The molecule has 0 aromatic carbocycles. The molecule has 0 aliphatic carbocycles. The Labute approximate surface area is 102 Å². The van der Waals surface area contributed by atoms with Gasteiger partial charge in [-0.15, -0.1) is 12.3 Å². The fourth-order valence-corrected chi connectivity index (χ4v) is 1.43. The van der Waals surface area contributed by atoms with Crippen molar-refractivity contribution >= 4 is 5.91 Å². The summed E-state index contributed by atoms with van der Waals surface area (Å²) < 4.78 is 0. The highest BCUT2D eigenvalue weighted by atomic mass is 16.1. The van der Waals surface area contributed by atoms with E-state index in [1.54, 1.807) is 13.0 Å². The maximum atomic E-state index is 11.8. The first-order valence-electron chi connectivity index (χ1n) is 5.67. The molecule has 1 rings (SSSR count). The van der Waals surface area contributed by atoms with E-state index < -0.39 is 0 Å². The SMILES string of the molecule is C#CCCCCNC(=O)c1cc(C)nnc1C. The van der Waals surface area contributed by atoms with Gasteiger partial charge in [0, 0.05) is 13.0 Å². The van der Waals surface area contributed by atoms with Crippen molar-refractivity contribution in [3.63, 3.8) is 0 Å². The van der Waals surface area contributed by atoms with Gasteiger partial charge in [0.15, 0.2) is 0 Å². The summed E-state index contributed by atoms with van der Waals surface area (Å²) >= 11 is 0. The van der Waals surface area contributed by atoms with Gasteiger partial charge in [-0.2, -0.15) is 10.2 Å². The molecule has 0 saturated heterocycles. The Bertz CT molecular complexity index is 435. The molecule has 0 atom stereocenters. The van der Waals surface area contributed by atoms with Crippen LogP contribution in [0.4, 0.5) is 0 Å². The van der Waals surface area contributed by atoms with Crippen LogP contribution in [0.1, 0.15) is 41.0 Å². The number of hydrogen-bond donors (Lipinski definition) is 1. The molecule has 0 unspecified atom stereocenters. The van der Waals surface area contributed by atoms with Gasteiger partial charge in [0.1, 0.15) is 0 Å². The first-order chi connectivity index (χ1) is 8.15. The molecule has 0 bridgehead atoms. The largest absolute Gasteiger partial charge is 0.352 e. The molecule has 0 aliphatic heterocycles. The van der Waals surface area contributed by atoms with E-state index in [2.05, 4.69) is 21.4 Å². The van der Waals surface area contributed by atoms with Crippen LogP contribution in [0.2, 0.25) is 0 Å². The summed E-state index contributed by atoms with van der Waals surface area (Å²) in [7, 11) is 0. The zero-order valence-corrected chi connectivity index (χ0v) is 10.3. The van der Waals surface area contributed by atoms with Crippen LogP contribution in [0.15, 0.2) is 6.07 Å². The molecule has 0 saturated carbocycles. The lowest BCUT2D eigenvalue weighted by Crippen LogP contribution is -2.25. The Balaban J connectivity index is 2.47. The van der Waals surface area contributed by atoms with Gasteiger partial charge < -0.3 is 5.32 Å². The normalized spacial score (nSPS) is 9.71. The van der Waals surface area contributed by atoms with Gasteiger partial charge in [-0.3, -0.25) is 4.79 Å². The highest BCUT2D eigenvalue weighted by molar-refractivity contribution is 5.95. The van der Waals surface area contributed by atoms with E-state index in [0.29, 0.717) is 17.8 Å². The average Bonchev–Trinajstić information content (AvgIpc) is 2.32. The van der Waals surface area contributed by atoms with E-state index in [4.69, 9.17) is 6.42 Å². The lowest BCUT2D eigenvalue weighted by Gasteiger charge is -2.06. The summed E-state index contributed by atoms with van der Waals surface area (Å²) in [6.07, 6.45) is 7.73. The number of terminal acetylenes is 1. The minimum atomic E-state index is -0.0961. The molecule has 1 amide bonds. The van der Waals surface area contributed by atoms with Crippen molar-refractivity contribution in [1.29, 1.82) is 0 Å². The van der Waals surface area contributed by atoms with E-state index in [-0.39, 0.29) is 5.91 Å². The molecular weight excluding hydrogens is 214 g/mol. The number of carbonyl (C=O) groups is 1. The van der Waals surface area contributed by atoms with E-state index in [1.165, 1.54) is 0 Å².